The van der Waals surface area contributed by atoms with Crippen molar-refractivity contribution in [2.45, 2.75) is 43.9 Å². The Morgan fingerprint density at radius 3 is 2.38 bits per heavy atom. The minimum absolute atomic E-state index is 0.0596. The number of nitrogens with zero attached hydrogens (tertiary/aromatic N) is 2. The molecule has 0 unspecified atom stereocenters. The molecule has 11 nitrogen and oxygen atoms in total. The van der Waals surface area contributed by atoms with Crippen LogP contribution in [0.2, 0.25) is 0 Å². The lowest BCUT2D eigenvalue weighted by Crippen LogP contribution is -2.65. The fourth-order valence-corrected chi connectivity index (χ4v) is 6.61. The van der Waals surface area contributed by atoms with Crippen molar-refractivity contribution in [3.8, 4) is 5.75 Å². The van der Waals surface area contributed by atoms with Crippen molar-refractivity contribution < 1.29 is 34.8 Å². The van der Waals surface area contributed by atoms with E-state index in [1.165, 1.54) is 17.7 Å². The highest BCUT2D eigenvalue weighted by atomic mass is 16.3. The van der Waals surface area contributed by atoms with E-state index in [0.717, 1.165) is 12.2 Å². The van der Waals surface area contributed by atoms with E-state index >= 15 is 0 Å². The SMILES string of the molecule is CN(C)c1cc(CNCC2CC2)c(O)c2c1C[C@H]1C[C@@H]3[C@@H](N(C)C)C(=O)C(C(N)=O)=C(O)[C@@]3(O)C(=O)C1=C2O. The van der Waals surface area contributed by atoms with Gasteiger partial charge in [0, 0.05) is 43.4 Å². The number of nitrogens with one attached hydrogen (secondary N) is 1. The van der Waals surface area contributed by atoms with Gasteiger partial charge in [-0.2, -0.15) is 0 Å². The number of phenolic OH excluding ortho intramolecular Hbond substituents is 1. The van der Waals surface area contributed by atoms with Gasteiger partial charge in [0.2, 0.25) is 5.78 Å². The second-order valence-corrected chi connectivity index (χ2v) is 11.7. The van der Waals surface area contributed by atoms with E-state index in [4.69, 9.17) is 5.73 Å². The van der Waals surface area contributed by atoms with Crippen LogP contribution in [0, 0.1) is 17.8 Å². The molecule has 5 rings (SSSR count). The smallest absolute Gasteiger partial charge is 0.255 e. The molecule has 2 fully saturated rings. The third kappa shape index (κ3) is 4.02. The molecule has 1 aromatic rings. The molecule has 4 atom stereocenters. The van der Waals surface area contributed by atoms with Crippen LogP contribution in [0.3, 0.4) is 0 Å². The maximum Gasteiger partial charge on any atom is 0.255 e. The molecule has 0 bridgehead atoms. The number of anilines is 1. The number of primary amides is 1. The van der Waals surface area contributed by atoms with Gasteiger partial charge in [-0.3, -0.25) is 19.3 Å². The topological polar surface area (TPSA) is 177 Å². The first-order valence-electron chi connectivity index (χ1n) is 13.2. The zero-order valence-electron chi connectivity index (χ0n) is 22.6. The number of Topliss-reactive ketones (excluding diaryl/α,β-unsaturated/α-hetero) is 2. The van der Waals surface area contributed by atoms with E-state index in [9.17, 15) is 34.8 Å². The Labute approximate surface area is 226 Å². The Balaban J connectivity index is 1.67. The van der Waals surface area contributed by atoms with Gasteiger partial charge in [-0.15, -0.1) is 0 Å². The van der Waals surface area contributed by atoms with E-state index < -0.39 is 58.0 Å². The van der Waals surface area contributed by atoms with E-state index in [1.807, 2.05) is 25.1 Å². The fraction of sp³-hybridized carbons (Fsp3) is 0.536. The molecule has 39 heavy (non-hydrogen) atoms. The first-order valence-corrected chi connectivity index (χ1v) is 13.2. The van der Waals surface area contributed by atoms with E-state index in [2.05, 4.69) is 5.32 Å². The van der Waals surface area contributed by atoms with Gasteiger partial charge in [-0.25, -0.2) is 0 Å². The van der Waals surface area contributed by atoms with Crippen LogP contribution < -0.4 is 16.0 Å². The number of hydrogen-bond donors (Lipinski definition) is 6. The summed E-state index contributed by atoms with van der Waals surface area (Å²) in [7, 11) is 6.86. The molecule has 0 spiro atoms. The Hall–Kier alpha value is -3.41. The van der Waals surface area contributed by atoms with E-state index in [1.54, 1.807) is 14.1 Å². The third-order valence-corrected chi connectivity index (χ3v) is 8.70. The van der Waals surface area contributed by atoms with Crippen LogP contribution in [0.1, 0.15) is 36.0 Å². The summed E-state index contributed by atoms with van der Waals surface area (Å²) in [6.45, 7) is 1.18. The Morgan fingerprint density at radius 1 is 1.15 bits per heavy atom. The molecule has 0 radical (unpaired) electrons. The molecule has 11 heteroatoms. The summed E-state index contributed by atoms with van der Waals surface area (Å²) in [5, 5.41) is 48.9. The number of likely N-dealkylation sites (N-methyl/N-ethyl adjacent to an activating group) is 1. The van der Waals surface area contributed by atoms with Crippen LogP contribution in [-0.4, -0.2) is 89.2 Å². The van der Waals surface area contributed by atoms with Gasteiger partial charge in [-0.05, 0) is 69.8 Å². The number of benzene rings is 1. The van der Waals surface area contributed by atoms with Crippen molar-refractivity contribution in [3.05, 3.63) is 39.7 Å². The molecule has 0 aliphatic heterocycles. The summed E-state index contributed by atoms with van der Waals surface area (Å²) in [5.41, 5.74) is 3.85. The highest BCUT2D eigenvalue weighted by Gasteiger charge is 2.64. The Bertz CT molecular complexity index is 1340. The molecule has 1 amide bonds. The molecule has 7 N–H and O–H groups in total. The van der Waals surface area contributed by atoms with Gasteiger partial charge in [0.05, 0.1) is 11.6 Å². The first kappa shape index (κ1) is 27.2. The predicted octanol–water partition coefficient (Wildman–Crippen LogP) is 0.530. The number of nitrogens with two attached hydrogens (primary N) is 1. The first-order chi connectivity index (χ1) is 18.3. The number of ketones is 2. The molecule has 4 aliphatic rings. The highest BCUT2D eigenvalue weighted by molar-refractivity contribution is 6.24. The molecule has 4 aliphatic carbocycles. The monoisotopic (exact) mass is 540 g/mol. The lowest BCUT2D eigenvalue weighted by molar-refractivity contribution is -0.153. The minimum atomic E-state index is -2.64. The summed E-state index contributed by atoms with van der Waals surface area (Å²) in [4.78, 5) is 42.7. The molecule has 0 aromatic heterocycles. The number of carbonyl (C=O) groups excluding carboxylic acids is 3. The van der Waals surface area contributed by atoms with Crippen molar-refractivity contribution in [2.75, 3.05) is 39.6 Å². The van der Waals surface area contributed by atoms with Gasteiger partial charge in [-0.1, -0.05) is 0 Å². The maximum atomic E-state index is 14.0. The zero-order chi connectivity index (χ0) is 28.5. The standard InChI is InChI=1S/C28H36N4O7/c1-31(2)17-9-14(11-30-10-12-5-6-12)22(33)19-15(17)7-13-8-16-21(32(3)4)24(35)20(27(29)38)26(37)28(16,39)25(36)18(13)23(19)34/h9,12-13,16,21,30,33-34,37,39H,5-8,10-11H2,1-4H3,(H2,29,38)/t13-,16+,21+,28-/m0/s1. The van der Waals surface area contributed by atoms with Gasteiger partial charge < -0.3 is 36.4 Å². The van der Waals surface area contributed by atoms with Crippen LogP contribution in [-0.2, 0) is 27.3 Å². The Morgan fingerprint density at radius 2 is 1.82 bits per heavy atom. The van der Waals surface area contributed by atoms with Crippen molar-refractivity contribution in [3.63, 3.8) is 0 Å². The lowest BCUT2D eigenvalue weighted by Gasteiger charge is -2.50. The lowest BCUT2D eigenvalue weighted by atomic mass is 9.57. The average Bonchev–Trinajstić information content (AvgIpc) is 3.66. The number of hydrogen-bond acceptors (Lipinski definition) is 10. The minimum Gasteiger partial charge on any atom is -0.508 e. The van der Waals surface area contributed by atoms with Crippen LogP contribution >= 0.6 is 0 Å². The van der Waals surface area contributed by atoms with Crippen LogP contribution in [0.4, 0.5) is 5.69 Å². The van der Waals surface area contributed by atoms with Gasteiger partial charge in [0.15, 0.2) is 11.4 Å². The summed E-state index contributed by atoms with van der Waals surface area (Å²) in [6, 6.07) is 0.762. The molecule has 0 heterocycles. The normalized spacial score (nSPS) is 28.4. The second kappa shape index (κ2) is 9.35. The molecule has 210 valence electrons. The van der Waals surface area contributed by atoms with Crippen molar-refractivity contribution in [1.82, 2.24) is 10.2 Å². The van der Waals surface area contributed by atoms with Crippen molar-refractivity contribution in [1.29, 1.82) is 0 Å². The highest BCUT2D eigenvalue weighted by Crippen LogP contribution is 2.54. The number of aliphatic hydroxyl groups excluding tert-OH is 2. The van der Waals surface area contributed by atoms with Crippen LogP contribution in [0.15, 0.2) is 23.0 Å². The largest absolute Gasteiger partial charge is 0.508 e. The summed E-state index contributed by atoms with van der Waals surface area (Å²) < 4.78 is 0. The second-order valence-electron chi connectivity index (χ2n) is 11.7. The third-order valence-electron chi connectivity index (χ3n) is 8.70. The van der Waals surface area contributed by atoms with Gasteiger partial charge in [0.1, 0.15) is 22.8 Å². The van der Waals surface area contributed by atoms with Crippen molar-refractivity contribution >= 4 is 28.9 Å². The Kier molecular flexibility index (Phi) is 6.52. The number of rotatable bonds is 7. The summed E-state index contributed by atoms with van der Waals surface area (Å²) in [6.07, 6.45) is 2.66. The fourth-order valence-electron chi connectivity index (χ4n) is 6.61. The number of phenols is 1. The summed E-state index contributed by atoms with van der Waals surface area (Å²) in [5.74, 6) is -5.83. The number of aromatic hydroxyl groups is 1. The van der Waals surface area contributed by atoms with Crippen LogP contribution in [0.5, 0.6) is 5.75 Å². The molecular weight excluding hydrogens is 504 g/mol. The van der Waals surface area contributed by atoms with E-state index in [0.29, 0.717) is 23.6 Å². The quantitative estimate of drug-likeness (QED) is 0.267. The number of carbonyl (C=O) groups is 3. The van der Waals surface area contributed by atoms with E-state index in [-0.39, 0.29) is 29.7 Å². The van der Waals surface area contributed by atoms with Gasteiger partial charge >= 0.3 is 0 Å². The summed E-state index contributed by atoms with van der Waals surface area (Å²) >= 11 is 0. The maximum absolute atomic E-state index is 14.0. The number of fused-ring (bicyclic) bond motifs is 3. The van der Waals surface area contributed by atoms with Crippen molar-refractivity contribution in [2.24, 2.45) is 23.5 Å². The molecule has 0 saturated heterocycles. The average molecular weight is 541 g/mol. The molecular formula is C28H36N4O7. The number of amides is 1. The van der Waals surface area contributed by atoms with Gasteiger partial charge in [0.25, 0.3) is 5.91 Å². The molecule has 1 aromatic carbocycles. The van der Waals surface area contributed by atoms with Crippen LogP contribution in [0.25, 0.3) is 5.76 Å². The number of aliphatic hydroxyl groups is 3. The zero-order valence-corrected chi connectivity index (χ0v) is 22.6. The predicted molar refractivity (Wildman–Crippen MR) is 143 cm³/mol. The molecule has 2 saturated carbocycles.